The molecule has 7 nitrogen and oxygen atoms in total. The van der Waals surface area contributed by atoms with Gasteiger partial charge in [-0.15, -0.1) is 11.3 Å². The Kier molecular flexibility index (Phi) is 4.84. The van der Waals surface area contributed by atoms with Gasteiger partial charge in [-0.2, -0.15) is 0 Å². The van der Waals surface area contributed by atoms with Crippen molar-refractivity contribution in [2.75, 3.05) is 0 Å². The molecule has 0 saturated heterocycles. The maximum Gasteiger partial charge on any atom is 0.326 e. The number of rotatable bonds is 5. The summed E-state index contributed by atoms with van der Waals surface area (Å²) in [5, 5.41) is 12.2. The number of carboxylic acid groups (broad SMARTS) is 1. The molecule has 0 fully saturated rings. The van der Waals surface area contributed by atoms with Gasteiger partial charge in [-0.3, -0.25) is 9.59 Å². The SMILES string of the molecule is CCC(C)C(NC(=O)c1sc2ncn(C)c(=O)c2c1C)C(=O)O. The Morgan fingerprint density at radius 2 is 2.13 bits per heavy atom. The third kappa shape index (κ3) is 3.12. The maximum absolute atomic E-state index is 12.5. The van der Waals surface area contributed by atoms with Crippen molar-refractivity contribution >= 4 is 33.4 Å². The van der Waals surface area contributed by atoms with Gasteiger partial charge in [-0.1, -0.05) is 20.3 Å². The molecule has 23 heavy (non-hydrogen) atoms. The molecule has 2 heterocycles. The monoisotopic (exact) mass is 337 g/mol. The first kappa shape index (κ1) is 17.1. The van der Waals surface area contributed by atoms with Crippen LogP contribution in [0.25, 0.3) is 10.2 Å². The standard InChI is InChI=1S/C15H19N3O4S/c1-5-7(2)10(15(21)22)17-12(19)11-8(3)9-13(23-11)16-6-18(4)14(9)20/h6-7,10H,5H2,1-4H3,(H,17,19)(H,21,22). The zero-order valence-corrected chi connectivity index (χ0v) is 14.2. The number of nitrogens with one attached hydrogen (secondary N) is 1. The minimum atomic E-state index is -1.07. The number of fused-ring (bicyclic) bond motifs is 1. The van der Waals surface area contributed by atoms with Crippen LogP contribution in [0.2, 0.25) is 0 Å². The molecule has 0 radical (unpaired) electrons. The average molecular weight is 337 g/mol. The first-order chi connectivity index (χ1) is 10.8. The Balaban J connectivity index is 2.42. The fraction of sp³-hybridized carbons (Fsp3) is 0.467. The molecule has 2 unspecified atom stereocenters. The van der Waals surface area contributed by atoms with Crippen molar-refractivity contribution in [3.8, 4) is 0 Å². The largest absolute Gasteiger partial charge is 0.480 e. The molecule has 0 aliphatic rings. The molecule has 2 aromatic heterocycles. The first-order valence-electron chi connectivity index (χ1n) is 7.26. The zero-order chi connectivity index (χ0) is 17.3. The van der Waals surface area contributed by atoms with Gasteiger partial charge in [0.2, 0.25) is 0 Å². The predicted molar refractivity (Wildman–Crippen MR) is 87.9 cm³/mol. The van der Waals surface area contributed by atoms with Crippen molar-refractivity contribution in [1.29, 1.82) is 0 Å². The van der Waals surface area contributed by atoms with E-state index in [4.69, 9.17) is 0 Å². The van der Waals surface area contributed by atoms with Crippen molar-refractivity contribution in [2.24, 2.45) is 13.0 Å². The normalized spacial score (nSPS) is 13.7. The molecular weight excluding hydrogens is 318 g/mol. The lowest BCUT2D eigenvalue weighted by Gasteiger charge is -2.19. The fourth-order valence-electron chi connectivity index (χ4n) is 2.32. The van der Waals surface area contributed by atoms with Gasteiger partial charge in [0.15, 0.2) is 0 Å². The van der Waals surface area contributed by atoms with E-state index in [0.717, 1.165) is 11.3 Å². The number of hydrogen-bond acceptors (Lipinski definition) is 5. The summed E-state index contributed by atoms with van der Waals surface area (Å²) < 4.78 is 1.35. The lowest BCUT2D eigenvalue weighted by Crippen LogP contribution is -2.44. The molecule has 0 saturated carbocycles. The molecular formula is C15H19N3O4S. The van der Waals surface area contributed by atoms with Gasteiger partial charge in [-0.05, 0) is 18.4 Å². The summed E-state index contributed by atoms with van der Waals surface area (Å²) in [4.78, 5) is 40.9. The van der Waals surface area contributed by atoms with Crippen molar-refractivity contribution in [2.45, 2.75) is 33.2 Å². The molecule has 2 rings (SSSR count). The van der Waals surface area contributed by atoms with Crippen molar-refractivity contribution in [3.63, 3.8) is 0 Å². The summed E-state index contributed by atoms with van der Waals surface area (Å²) in [6, 6.07) is -0.965. The summed E-state index contributed by atoms with van der Waals surface area (Å²) in [5.74, 6) is -1.75. The number of aryl methyl sites for hydroxylation is 2. The van der Waals surface area contributed by atoms with E-state index < -0.39 is 17.9 Å². The minimum absolute atomic E-state index is 0.197. The first-order valence-corrected chi connectivity index (χ1v) is 8.07. The van der Waals surface area contributed by atoms with E-state index in [9.17, 15) is 19.5 Å². The van der Waals surface area contributed by atoms with Gasteiger partial charge < -0.3 is 15.0 Å². The maximum atomic E-state index is 12.5. The lowest BCUT2D eigenvalue weighted by molar-refractivity contribution is -0.140. The van der Waals surface area contributed by atoms with E-state index in [1.165, 1.54) is 10.9 Å². The molecule has 124 valence electrons. The highest BCUT2D eigenvalue weighted by atomic mass is 32.1. The van der Waals surface area contributed by atoms with Gasteiger partial charge in [-0.25, -0.2) is 9.78 Å². The number of carboxylic acids is 1. The number of aliphatic carboxylic acids is 1. The number of thiophene rings is 1. The van der Waals surface area contributed by atoms with Crippen molar-refractivity contribution in [1.82, 2.24) is 14.9 Å². The average Bonchev–Trinajstić information content (AvgIpc) is 2.85. The predicted octanol–water partition coefficient (Wildman–Crippen LogP) is 1.53. The van der Waals surface area contributed by atoms with Crippen molar-refractivity contribution < 1.29 is 14.7 Å². The van der Waals surface area contributed by atoms with Crippen LogP contribution in [0.4, 0.5) is 0 Å². The highest BCUT2D eigenvalue weighted by Crippen LogP contribution is 2.27. The molecule has 0 aliphatic carbocycles. The van der Waals surface area contributed by atoms with E-state index in [2.05, 4.69) is 10.3 Å². The lowest BCUT2D eigenvalue weighted by atomic mass is 9.99. The molecule has 0 bridgehead atoms. The van der Waals surface area contributed by atoms with E-state index in [1.54, 1.807) is 20.9 Å². The third-order valence-electron chi connectivity index (χ3n) is 3.98. The number of carbonyl (C=O) groups excluding carboxylic acids is 1. The third-order valence-corrected chi connectivity index (χ3v) is 5.18. The highest BCUT2D eigenvalue weighted by molar-refractivity contribution is 7.20. The van der Waals surface area contributed by atoms with Gasteiger partial charge in [0.25, 0.3) is 11.5 Å². The van der Waals surface area contributed by atoms with E-state index in [0.29, 0.717) is 27.1 Å². The second-order valence-electron chi connectivity index (χ2n) is 5.57. The second kappa shape index (κ2) is 6.49. The molecule has 2 aromatic rings. The Morgan fingerprint density at radius 3 is 2.70 bits per heavy atom. The highest BCUT2D eigenvalue weighted by Gasteiger charge is 2.28. The van der Waals surface area contributed by atoms with Gasteiger partial charge in [0, 0.05) is 7.05 Å². The minimum Gasteiger partial charge on any atom is -0.480 e. The number of nitrogens with zero attached hydrogens (tertiary/aromatic N) is 2. The molecule has 2 N–H and O–H groups in total. The van der Waals surface area contributed by atoms with E-state index >= 15 is 0 Å². The summed E-state index contributed by atoms with van der Waals surface area (Å²) in [6.07, 6.45) is 2.03. The number of aromatic nitrogens is 2. The van der Waals surface area contributed by atoms with Gasteiger partial charge >= 0.3 is 5.97 Å². The van der Waals surface area contributed by atoms with Crippen LogP contribution < -0.4 is 10.9 Å². The zero-order valence-electron chi connectivity index (χ0n) is 13.4. The molecule has 0 aliphatic heterocycles. The van der Waals surface area contributed by atoms with Crippen LogP contribution in [0.15, 0.2) is 11.1 Å². The number of amides is 1. The van der Waals surface area contributed by atoms with Crippen LogP contribution in [-0.4, -0.2) is 32.6 Å². The van der Waals surface area contributed by atoms with Gasteiger partial charge in [0.05, 0.1) is 16.6 Å². The van der Waals surface area contributed by atoms with E-state index in [1.807, 2.05) is 6.92 Å². The smallest absolute Gasteiger partial charge is 0.326 e. The van der Waals surface area contributed by atoms with Crippen LogP contribution >= 0.6 is 11.3 Å². The Labute approximate surface area is 137 Å². The molecule has 2 atom stereocenters. The van der Waals surface area contributed by atoms with E-state index in [-0.39, 0.29) is 11.5 Å². The van der Waals surface area contributed by atoms with Crippen LogP contribution in [0.5, 0.6) is 0 Å². The van der Waals surface area contributed by atoms with Crippen LogP contribution in [0, 0.1) is 12.8 Å². The molecule has 1 amide bonds. The van der Waals surface area contributed by atoms with Crippen LogP contribution in [0.1, 0.15) is 35.5 Å². The summed E-state index contributed by atoms with van der Waals surface area (Å²) >= 11 is 1.10. The number of hydrogen-bond donors (Lipinski definition) is 2. The Hall–Kier alpha value is -2.22. The number of carbonyl (C=O) groups is 2. The summed E-state index contributed by atoms with van der Waals surface area (Å²) in [5.41, 5.74) is 0.309. The van der Waals surface area contributed by atoms with Crippen LogP contribution in [0.3, 0.4) is 0 Å². The van der Waals surface area contributed by atoms with Gasteiger partial charge in [0.1, 0.15) is 10.9 Å². The van der Waals surface area contributed by atoms with Crippen molar-refractivity contribution in [3.05, 3.63) is 27.1 Å². The Bertz CT molecular complexity index is 824. The second-order valence-corrected chi connectivity index (χ2v) is 6.57. The quantitative estimate of drug-likeness (QED) is 0.861. The molecule has 8 heteroatoms. The fourth-order valence-corrected chi connectivity index (χ4v) is 3.36. The topological polar surface area (TPSA) is 101 Å². The summed E-state index contributed by atoms with van der Waals surface area (Å²) in [7, 11) is 1.59. The van der Waals surface area contributed by atoms with Crippen LogP contribution in [-0.2, 0) is 11.8 Å². The molecule has 0 aromatic carbocycles. The Morgan fingerprint density at radius 1 is 1.48 bits per heavy atom. The molecule has 0 spiro atoms. The summed E-state index contributed by atoms with van der Waals surface area (Å²) in [6.45, 7) is 5.31.